The van der Waals surface area contributed by atoms with E-state index in [4.69, 9.17) is 4.74 Å². The van der Waals surface area contributed by atoms with Crippen LogP contribution in [0, 0.1) is 23.2 Å². The van der Waals surface area contributed by atoms with Crippen LogP contribution in [0.25, 0.3) is 0 Å². The first-order valence-corrected chi connectivity index (χ1v) is 14.4. The Morgan fingerprint density at radius 3 is 2.43 bits per heavy atom. The van der Waals surface area contributed by atoms with Crippen molar-refractivity contribution in [2.24, 2.45) is 23.2 Å². The van der Waals surface area contributed by atoms with Crippen LogP contribution in [-0.4, -0.2) is 41.7 Å². The van der Waals surface area contributed by atoms with Crippen molar-refractivity contribution >= 4 is 11.8 Å². The summed E-state index contributed by atoms with van der Waals surface area (Å²) in [6.45, 7) is 11.4. The van der Waals surface area contributed by atoms with Crippen molar-refractivity contribution in [1.82, 2.24) is 20.9 Å². The molecule has 0 spiro atoms. The molecule has 1 aromatic heterocycles. The summed E-state index contributed by atoms with van der Waals surface area (Å²) in [4.78, 5) is 29.9. The number of amides is 2. The lowest BCUT2D eigenvalue weighted by atomic mass is 9.75. The first-order valence-electron chi connectivity index (χ1n) is 14.4. The van der Waals surface area contributed by atoms with E-state index in [1.54, 1.807) is 6.20 Å². The maximum atomic E-state index is 13.3. The molecule has 2 aliphatic carbocycles. The number of carbonyl (C=O) groups is 2. The third-order valence-electron chi connectivity index (χ3n) is 8.14. The number of nitrogens with zero attached hydrogens (tertiary/aromatic N) is 1. The van der Waals surface area contributed by atoms with Crippen LogP contribution in [0.4, 0.5) is 0 Å². The molecule has 2 aliphatic rings. The lowest BCUT2D eigenvalue weighted by Crippen LogP contribution is -2.46. The summed E-state index contributed by atoms with van der Waals surface area (Å²) < 4.78 is 6.05. The van der Waals surface area contributed by atoms with Gasteiger partial charge in [-0.1, -0.05) is 52.0 Å². The Morgan fingerprint density at radius 2 is 1.84 bits per heavy atom. The van der Waals surface area contributed by atoms with Crippen molar-refractivity contribution < 1.29 is 14.3 Å². The zero-order valence-electron chi connectivity index (χ0n) is 23.8. The number of nitrogens with one attached hydrogen (secondary N) is 3. The molecule has 0 bridgehead atoms. The molecule has 0 radical (unpaired) electrons. The number of ether oxygens (including phenoxy) is 1. The Morgan fingerprint density at radius 1 is 1.11 bits per heavy atom. The summed E-state index contributed by atoms with van der Waals surface area (Å²) in [5.74, 6) is 0.628. The van der Waals surface area contributed by atoms with E-state index in [9.17, 15) is 9.59 Å². The number of aromatic nitrogens is 1. The SMILES string of the molecule is CC(C)[C@H](CC1(C(CC2CCCCC2)NCOC(C)(C)C)CC1)C(=O)NCC(=O)NCc1ccccn1. The first kappa shape index (κ1) is 29.6. The third kappa shape index (κ3) is 10.0. The van der Waals surface area contributed by atoms with Gasteiger partial charge in [-0.25, -0.2) is 0 Å². The minimum absolute atomic E-state index is 0.00887. The molecule has 0 saturated heterocycles. The molecule has 7 nitrogen and oxygen atoms in total. The molecule has 3 rings (SSSR count). The lowest BCUT2D eigenvalue weighted by Gasteiger charge is -2.36. The highest BCUT2D eigenvalue weighted by Crippen LogP contribution is 2.56. The molecule has 3 N–H and O–H groups in total. The second-order valence-electron chi connectivity index (χ2n) is 12.6. The van der Waals surface area contributed by atoms with Crippen molar-refractivity contribution in [1.29, 1.82) is 0 Å². The number of carbonyl (C=O) groups excluding carboxylic acids is 2. The normalized spacial score (nSPS) is 19.3. The standard InChI is InChI=1S/C30H50N4O3/c1-22(2)25(28(36)33-20-27(35)32-19-24-13-9-10-16-31-24)18-30(14-15-30)26(34-21-37-29(3,4)5)17-23-11-7-6-8-12-23/h9-10,13,16,22-23,25-26,34H,6-8,11-12,14-15,17-21H2,1-5H3,(H,32,35)(H,33,36)/t25-,26?/m0/s1. The maximum absolute atomic E-state index is 13.3. The van der Waals surface area contributed by atoms with Crippen molar-refractivity contribution in [3.05, 3.63) is 30.1 Å². The van der Waals surface area contributed by atoms with Gasteiger partial charge in [0.05, 0.1) is 31.1 Å². The smallest absolute Gasteiger partial charge is 0.239 e. The van der Waals surface area contributed by atoms with Gasteiger partial charge in [-0.15, -0.1) is 0 Å². The van der Waals surface area contributed by atoms with Crippen LogP contribution in [0.2, 0.25) is 0 Å². The minimum atomic E-state index is -0.196. The van der Waals surface area contributed by atoms with Crippen LogP contribution in [-0.2, 0) is 20.9 Å². The van der Waals surface area contributed by atoms with Crippen molar-refractivity contribution in [2.75, 3.05) is 13.3 Å². The predicted molar refractivity (Wildman–Crippen MR) is 148 cm³/mol. The molecule has 208 valence electrons. The zero-order chi connectivity index (χ0) is 26.9. The highest BCUT2D eigenvalue weighted by molar-refractivity contribution is 5.85. The monoisotopic (exact) mass is 514 g/mol. The summed E-state index contributed by atoms with van der Waals surface area (Å²) in [5.41, 5.74) is 0.743. The fourth-order valence-electron chi connectivity index (χ4n) is 5.64. The highest BCUT2D eigenvalue weighted by Gasteiger charge is 2.51. The molecule has 0 aliphatic heterocycles. The topological polar surface area (TPSA) is 92.4 Å². The number of rotatable bonds is 14. The average Bonchev–Trinajstić information content (AvgIpc) is 3.65. The summed E-state index contributed by atoms with van der Waals surface area (Å²) in [7, 11) is 0. The summed E-state index contributed by atoms with van der Waals surface area (Å²) >= 11 is 0. The molecule has 0 aromatic carbocycles. The summed E-state index contributed by atoms with van der Waals surface area (Å²) in [5, 5.41) is 9.53. The predicted octanol–water partition coefficient (Wildman–Crippen LogP) is 4.96. The molecule has 1 heterocycles. The van der Waals surface area contributed by atoms with Gasteiger partial charge in [-0.3, -0.25) is 19.9 Å². The van der Waals surface area contributed by atoms with Gasteiger partial charge in [0.25, 0.3) is 0 Å². The number of hydrogen-bond donors (Lipinski definition) is 3. The van der Waals surface area contributed by atoms with Gasteiger partial charge in [0, 0.05) is 18.2 Å². The van der Waals surface area contributed by atoms with Crippen LogP contribution >= 0.6 is 0 Å². The first-order chi connectivity index (χ1) is 17.6. The van der Waals surface area contributed by atoms with Crippen molar-refractivity contribution in [2.45, 2.75) is 111 Å². The zero-order valence-corrected chi connectivity index (χ0v) is 23.8. The molecular weight excluding hydrogens is 464 g/mol. The van der Waals surface area contributed by atoms with Crippen molar-refractivity contribution in [3.8, 4) is 0 Å². The Hall–Kier alpha value is -1.99. The van der Waals surface area contributed by atoms with Gasteiger partial charge in [0.2, 0.25) is 11.8 Å². The van der Waals surface area contributed by atoms with Crippen LogP contribution in [0.1, 0.15) is 98.1 Å². The molecule has 2 fully saturated rings. The van der Waals surface area contributed by atoms with E-state index in [1.165, 1.54) is 32.1 Å². The van der Waals surface area contributed by atoms with Crippen LogP contribution in [0.15, 0.2) is 24.4 Å². The molecule has 37 heavy (non-hydrogen) atoms. The largest absolute Gasteiger partial charge is 0.361 e. The number of hydrogen-bond acceptors (Lipinski definition) is 5. The van der Waals surface area contributed by atoms with E-state index in [2.05, 4.69) is 55.6 Å². The Balaban J connectivity index is 1.57. The molecule has 1 aromatic rings. The van der Waals surface area contributed by atoms with Gasteiger partial charge in [0.1, 0.15) is 0 Å². The van der Waals surface area contributed by atoms with E-state index >= 15 is 0 Å². The minimum Gasteiger partial charge on any atom is -0.361 e. The van der Waals surface area contributed by atoms with Crippen LogP contribution in [0.5, 0.6) is 0 Å². The fourth-order valence-corrected chi connectivity index (χ4v) is 5.64. The molecule has 1 unspecified atom stereocenters. The van der Waals surface area contributed by atoms with Gasteiger partial charge in [-0.05, 0) is 75.8 Å². The molecule has 2 amide bonds. The highest BCUT2D eigenvalue weighted by atomic mass is 16.5. The van der Waals surface area contributed by atoms with Crippen LogP contribution in [0.3, 0.4) is 0 Å². The quantitative estimate of drug-likeness (QED) is 0.305. The lowest BCUT2D eigenvalue weighted by molar-refractivity contribution is -0.130. The number of pyridine rings is 1. The average molecular weight is 515 g/mol. The van der Waals surface area contributed by atoms with E-state index in [-0.39, 0.29) is 41.2 Å². The maximum Gasteiger partial charge on any atom is 0.239 e. The van der Waals surface area contributed by atoms with E-state index < -0.39 is 0 Å². The second kappa shape index (κ2) is 13.7. The van der Waals surface area contributed by atoms with Gasteiger partial charge >= 0.3 is 0 Å². The fraction of sp³-hybridized carbons (Fsp3) is 0.767. The molecule has 7 heteroatoms. The van der Waals surface area contributed by atoms with Gasteiger partial charge in [0.15, 0.2) is 0 Å². The molecular formula is C30H50N4O3. The Labute approximate surface area is 224 Å². The van der Waals surface area contributed by atoms with E-state index in [0.29, 0.717) is 19.3 Å². The van der Waals surface area contributed by atoms with E-state index in [0.717, 1.165) is 37.3 Å². The van der Waals surface area contributed by atoms with Crippen molar-refractivity contribution in [3.63, 3.8) is 0 Å². The third-order valence-corrected chi connectivity index (χ3v) is 8.14. The summed E-state index contributed by atoms with van der Waals surface area (Å²) in [6, 6.07) is 5.96. The summed E-state index contributed by atoms with van der Waals surface area (Å²) in [6.07, 6.45) is 12.7. The van der Waals surface area contributed by atoms with E-state index in [1.807, 2.05) is 18.2 Å². The van der Waals surface area contributed by atoms with Gasteiger partial charge in [-0.2, -0.15) is 0 Å². The van der Waals surface area contributed by atoms with Gasteiger partial charge < -0.3 is 15.4 Å². The Kier molecular flexibility index (Phi) is 10.9. The molecule has 2 atom stereocenters. The molecule has 2 saturated carbocycles. The van der Waals surface area contributed by atoms with Crippen LogP contribution < -0.4 is 16.0 Å². The Bertz CT molecular complexity index is 842. The second-order valence-corrected chi connectivity index (χ2v) is 12.6.